The van der Waals surface area contributed by atoms with Crippen LogP contribution in [0.3, 0.4) is 0 Å². The van der Waals surface area contributed by atoms with Gasteiger partial charge in [0.15, 0.2) is 5.78 Å². The molecule has 4 rings (SSSR count). The zero-order valence-electron chi connectivity index (χ0n) is 19.5. The molecule has 3 amide bonds. The smallest absolute Gasteiger partial charge is 0.387 e. The van der Waals surface area contributed by atoms with Crippen LogP contribution in [0.5, 0.6) is 5.75 Å². The number of imide groups is 1. The number of rotatable bonds is 8. The second-order valence-corrected chi connectivity index (χ2v) is 8.36. The number of carbonyl (C=O) groups excluding carboxylic acids is 3. The minimum Gasteiger partial charge on any atom is -0.435 e. The van der Waals surface area contributed by atoms with Crippen molar-refractivity contribution >= 4 is 17.7 Å². The van der Waals surface area contributed by atoms with Crippen molar-refractivity contribution < 1.29 is 27.9 Å². The summed E-state index contributed by atoms with van der Waals surface area (Å²) >= 11 is 0. The number of hydrogen-bond acceptors (Lipinski definition) is 4. The van der Waals surface area contributed by atoms with Gasteiger partial charge in [0.1, 0.15) is 11.3 Å². The number of alkyl halides is 2. The maximum Gasteiger partial charge on any atom is 0.387 e. The van der Waals surface area contributed by atoms with Crippen LogP contribution in [0.2, 0.25) is 0 Å². The molecular formula is C26H25F2N3O4. The average molecular weight is 481 g/mol. The summed E-state index contributed by atoms with van der Waals surface area (Å²) in [4.78, 5) is 40.3. The zero-order chi connectivity index (χ0) is 25.3. The van der Waals surface area contributed by atoms with E-state index in [0.29, 0.717) is 28.9 Å². The number of carbonyl (C=O) groups is 3. The van der Waals surface area contributed by atoms with E-state index in [1.165, 1.54) is 12.1 Å². The van der Waals surface area contributed by atoms with Crippen molar-refractivity contribution in [3.8, 4) is 11.4 Å². The van der Waals surface area contributed by atoms with Crippen molar-refractivity contribution in [2.75, 3.05) is 6.54 Å². The molecule has 7 nitrogen and oxygen atoms in total. The van der Waals surface area contributed by atoms with Gasteiger partial charge in [-0.1, -0.05) is 37.3 Å². The normalized spacial score (nSPS) is 17.7. The van der Waals surface area contributed by atoms with E-state index in [1.807, 2.05) is 13.0 Å². The first-order chi connectivity index (χ1) is 16.7. The van der Waals surface area contributed by atoms with E-state index in [4.69, 9.17) is 0 Å². The SMILES string of the molecule is CCC1(c2ccccc2)NC(=O)N(CC(=O)c2cc(C)n(-c3ccc(OC(F)F)cc3)c2C)C1=O. The van der Waals surface area contributed by atoms with Gasteiger partial charge < -0.3 is 14.6 Å². The Balaban J connectivity index is 1.58. The lowest BCUT2D eigenvalue weighted by molar-refractivity contribution is -0.131. The van der Waals surface area contributed by atoms with Gasteiger partial charge in [-0.15, -0.1) is 0 Å². The van der Waals surface area contributed by atoms with Crippen LogP contribution in [0.15, 0.2) is 60.7 Å². The number of hydrogen-bond donors (Lipinski definition) is 1. The van der Waals surface area contributed by atoms with Gasteiger partial charge in [-0.05, 0) is 56.2 Å². The molecule has 182 valence electrons. The number of amides is 3. The number of ether oxygens (including phenoxy) is 1. The molecule has 3 aromatic rings. The number of halogens is 2. The van der Waals surface area contributed by atoms with Gasteiger partial charge in [0.2, 0.25) is 0 Å². The molecule has 1 unspecified atom stereocenters. The summed E-state index contributed by atoms with van der Waals surface area (Å²) < 4.78 is 31.1. The number of nitrogens with one attached hydrogen (secondary N) is 1. The number of aromatic nitrogens is 1. The highest BCUT2D eigenvalue weighted by atomic mass is 19.3. The number of benzene rings is 2. The van der Waals surface area contributed by atoms with Gasteiger partial charge >= 0.3 is 12.6 Å². The highest BCUT2D eigenvalue weighted by Crippen LogP contribution is 2.33. The number of aryl methyl sites for hydroxylation is 1. The van der Waals surface area contributed by atoms with Gasteiger partial charge in [-0.2, -0.15) is 8.78 Å². The third kappa shape index (κ3) is 4.29. The third-order valence-electron chi connectivity index (χ3n) is 6.33. The first kappa shape index (κ1) is 24.1. The fraction of sp³-hybridized carbons (Fsp3) is 0.269. The van der Waals surface area contributed by atoms with E-state index in [9.17, 15) is 23.2 Å². The summed E-state index contributed by atoms with van der Waals surface area (Å²) in [6, 6.07) is 16.1. The lowest BCUT2D eigenvalue weighted by Gasteiger charge is -2.25. The molecule has 1 N–H and O–H groups in total. The summed E-state index contributed by atoms with van der Waals surface area (Å²) in [5.41, 5.74) is 1.81. The van der Waals surface area contributed by atoms with E-state index in [0.717, 1.165) is 10.6 Å². The summed E-state index contributed by atoms with van der Waals surface area (Å²) in [5.74, 6) is -0.822. The van der Waals surface area contributed by atoms with Crippen LogP contribution in [0.4, 0.5) is 13.6 Å². The first-order valence-corrected chi connectivity index (χ1v) is 11.1. The Morgan fingerprint density at radius 2 is 1.71 bits per heavy atom. The first-order valence-electron chi connectivity index (χ1n) is 11.1. The number of urea groups is 1. The standard InChI is InChI=1S/C26H25F2N3O4/c1-4-26(18-8-6-5-7-9-18)23(33)30(25(34)29-26)15-22(32)21-14-16(2)31(17(21)3)19-10-12-20(13-11-19)35-24(27)28/h5-14,24H,4,15H2,1-3H3,(H,29,34). The molecule has 1 fully saturated rings. The van der Waals surface area contributed by atoms with Gasteiger partial charge in [0.05, 0.1) is 6.54 Å². The highest BCUT2D eigenvalue weighted by Gasteiger charge is 2.51. The minimum absolute atomic E-state index is 0.0268. The molecule has 0 radical (unpaired) electrons. The largest absolute Gasteiger partial charge is 0.435 e. The maximum absolute atomic E-state index is 13.3. The van der Waals surface area contributed by atoms with E-state index in [-0.39, 0.29) is 11.5 Å². The van der Waals surface area contributed by atoms with Crippen molar-refractivity contribution in [2.24, 2.45) is 0 Å². The van der Waals surface area contributed by atoms with Gasteiger partial charge in [-0.25, -0.2) is 4.79 Å². The lowest BCUT2D eigenvalue weighted by Crippen LogP contribution is -2.43. The van der Waals surface area contributed by atoms with Crippen LogP contribution in [-0.4, -0.2) is 40.3 Å². The van der Waals surface area contributed by atoms with Crippen LogP contribution >= 0.6 is 0 Å². The van der Waals surface area contributed by atoms with Gasteiger partial charge in [0.25, 0.3) is 5.91 Å². The summed E-state index contributed by atoms with van der Waals surface area (Å²) in [6.07, 6.45) is 0.339. The minimum atomic E-state index is -2.92. The van der Waals surface area contributed by atoms with Crippen LogP contribution in [0, 0.1) is 13.8 Å². The van der Waals surface area contributed by atoms with Crippen LogP contribution in [0.1, 0.15) is 40.7 Å². The summed E-state index contributed by atoms with van der Waals surface area (Å²) in [7, 11) is 0. The lowest BCUT2D eigenvalue weighted by atomic mass is 9.87. The van der Waals surface area contributed by atoms with E-state index in [1.54, 1.807) is 60.9 Å². The van der Waals surface area contributed by atoms with Gasteiger partial charge in [0, 0.05) is 22.6 Å². The monoisotopic (exact) mass is 481 g/mol. The Kier molecular flexibility index (Phi) is 6.43. The molecule has 2 heterocycles. The predicted molar refractivity (Wildman–Crippen MR) is 125 cm³/mol. The number of nitrogens with zero attached hydrogens (tertiary/aromatic N) is 2. The summed E-state index contributed by atoms with van der Waals surface area (Å²) in [5, 5.41) is 2.78. The molecule has 1 atom stereocenters. The van der Waals surface area contributed by atoms with Gasteiger partial charge in [-0.3, -0.25) is 14.5 Å². The molecule has 1 aromatic heterocycles. The third-order valence-corrected chi connectivity index (χ3v) is 6.33. The quantitative estimate of drug-likeness (QED) is 0.372. The van der Waals surface area contributed by atoms with Crippen molar-refractivity contribution in [1.82, 2.24) is 14.8 Å². The van der Waals surface area contributed by atoms with Crippen molar-refractivity contribution in [3.63, 3.8) is 0 Å². The number of ketones is 1. The highest BCUT2D eigenvalue weighted by molar-refractivity contribution is 6.11. The van der Waals surface area contributed by atoms with Crippen LogP contribution < -0.4 is 10.1 Å². The molecule has 2 aromatic carbocycles. The molecule has 0 aliphatic carbocycles. The van der Waals surface area contributed by atoms with Crippen LogP contribution in [0.25, 0.3) is 5.69 Å². The Morgan fingerprint density at radius 1 is 1.06 bits per heavy atom. The van der Waals surface area contributed by atoms with Crippen molar-refractivity contribution in [1.29, 1.82) is 0 Å². The molecule has 0 spiro atoms. The molecule has 1 aliphatic rings. The fourth-order valence-corrected chi connectivity index (χ4v) is 4.58. The topological polar surface area (TPSA) is 80.6 Å². The summed E-state index contributed by atoms with van der Waals surface area (Å²) in [6.45, 7) is 2.04. The van der Waals surface area contributed by atoms with E-state index in [2.05, 4.69) is 10.1 Å². The molecule has 35 heavy (non-hydrogen) atoms. The molecule has 9 heteroatoms. The Morgan fingerprint density at radius 3 is 2.31 bits per heavy atom. The Labute approximate surface area is 201 Å². The average Bonchev–Trinajstić information content (AvgIpc) is 3.27. The Hall–Kier alpha value is -4.01. The Bertz CT molecular complexity index is 1270. The number of Topliss-reactive ketones (excluding diaryl/α,β-unsaturated/α-hetero) is 1. The molecule has 1 aliphatic heterocycles. The second-order valence-electron chi connectivity index (χ2n) is 8.36. The van der Waals surface area contributed by atoms with E-state index < -0.39 is 30.6 Å². The van der Waals surface area contributed by atoms with Crippen molar-refractivity contribution in [3.05, 3.63) is 83.2 Å². The molecular weight excluding hydrogens is 456 g/mol. The zero-order valence-corrected chi connectivity index (χ0v) is 19.5. The van der Waals surface area contributed by atoms with E-state index >= 15 is 0 Å². The predicted octanol–water partition coefficient (Wildman–Crippen LogP) is 4.74. The second kappa shape index (κ2) is 9.32. The fourth-order valence-electron chi connectivity index (χ4n) is 4.58. The maximum atomic E-state index is 13.3. The van der Waals surface area contributed by atoms with Crippen LogP contribution in [-0.2, 0) is 10.3 Å². The molecule has 1 saturated heterocycles. The molecule has 0 bridgehead atoms. The molecule has 0 saturated carbocycles. The van der Waals surface area contributed by atoms with Crippen molar-refractivity contribution in [2.45, 2.75) is 39.3 Å².